The van der Waals surface area contributed by atoms with E-state index in [4.69, 9.17) is 9.73 Å². The molecule has 0 aliphatic rings. The summed E-state index contributed by atoms with van der Waals surface area (Å²) in [6, 6.07) is 10.4. The highest BCUT2D eigenvalue weighted by Gasteiger charge is 2.09. The van der Waals surface area contributed by atoms with Crippen LogP contribution in [0.5, 0.6) is 5.75 Å². The van der Waals surface area contributed by atoms with Crippen molar-refractivity contribution in [1.82, 2.24) is 25.4 Å². The average Bonchev–Trinajstić information content (AvgIpc) is 3.29. The molecule has 0 radical (unpaired) electrons. The zero-order chi connectivity index (χ0) is 21.3. The number of aromatic nitrogens is 3. The van der Waals surface area contributed by atoms with Crippen molar-refractivity contribution in [3.63, 3.8) is 0 Å². The highest BCUT2D eigenvalue weighted by atomic mass is 127. The SMILES string of the molecule is CCNC(=NCc1ncc(C)c(OC)c1C)NCCc1ccc(-n2cccn2)cc1.I. The first kappa shape index (κ1) is 24.6. The van der Waals surface area contributed by atoms with Crippen LogP contribution in [0.4, 0.5) is 0 Å². The van der Waals surface area contributed by atoms with Gasteiger partial charge in [-0.15, -0.1) is 24.0 Å². The Balaban J connectivity index is 0.00000341. The molecule has 3 rings (SSSR count). The lowest BCUT2D eigenvalue weighted by Gasteiger charge is -2.13. The number of halogens is 1. The van der Waals surface area contributed by atoms with Crippen LogP contribution >= 0.6 is 24.0 Å². The second-order valence-electron chi connectivity index (χ2n) is 7.04. The van der Waals surface area contributed by atoms with Gasteiger partial charge in [-0.2, -0.15) is 5.10 Å². The van der Waals surface area contributed by atoms with Crippen LogP contribution in [0.3, 0.4) is 0 Å². The molecule has 0 spiro atoms. The van der Waals surface area contributed by atoms with Crippen molar-refractivity contribution in [1.29, 1.82) is 0 Å². The van der Waals surface area contributed by atoms with Gasteiger partial charge in [-0.3, -0.25) is 4.98 Å². The Morgan fingerprint density at radius 1 is 1.16 bits per heavy atom. The van der Waals surface area contributed by atoms with E-state index in [2.05, 4.69) is 51.9 Å². The van der Waals surface area contributed by atoms with Crippen molar-refractivity contribution in [2.24, 2.45) is 4.99 Å². The van der Waals surface area contributed by atoms with Crippen molar-refractivity contribution >= 4 is 29.9 Å². The Labute approximate surface area is 201 Å². The fraction of sp³-hybridized carbons (Fsp3) is 0.348. The molecule has 0 bridgehead atoms. The van der Waals surface area contributed by atoms with Gasteiger partial charge in [0.2, 0.25) is 0 Å². The van der Waals surface area contributed by atoms with Gasteiger partial charge in [0.15, 0.2) is 5.96 Å². The number of hydrogen-bond donors (Lipinski definition) is 2. The predicted molar refractivity (Wildman–Crippen MR) is 136 cm³/mol. The molecule has 8 heteroatoms. The monoisotopic (exact) mass is 534 g/mol. The van der Waals surface area contributed by atoms with Crippen molar-refractivity contribution < 1.29 is 4.74 Å². The second-order valence-corrected chi connectivity index (χ2v) is 7.04. The second kappa shape index (κ2) is 12.3. The van der Waals surface area contributed by atoms with Crippen molar-refractivity contribution in [2.45, 2.75) is 33.7 Å². The average molecular weight is 534 g/mol. The standard InChI is InChI=1S/C23H30N6O.HI/c1-5-24-23(27-16-21-18(3)22(30-4)17(2)15-26-21)25-13-11-19-7-9-20(10-8-19)29-14-6-12-28-29;/h6-10,12,14-15H,5,11,13,16H2,1-4H3,(H2,24,25,27);1H. The minimum absolute atomic E-state index is 0. The van der Waals surface area contributed by atoms with E-state index in [0.717, 1.165) is 53.7 Å². The Morgan fingerprint density at radius 2 is 1.94 bits per heavy atom. The van der Waals surface area contributed by atoms with Crippen LogP contribution in [0.15, 0.2) is 53.9 Å². The van der Waals surface area contributed by atoms with E-state index < -0.39 is 0 Å². The van der Waals surface area contributed by atoms with E-state index in [1.54, 1.807) is 13.3 Å². The fourth-order valence-electron chi connectivity index (χ4n) is 3.29. The number of methoxy groups -OCH3 is 1. The summed E-state index contributed by atoms with van der Waals surface area (Å²) in [4.78, 5) is 9.22. The van der Waals surface area contributed by atoms with E-state index in [9.17, 15) is 0 Å². The Bertz CT molecular complexity index is 970. The maximum absolute atomic E-state index is 5.49. The first-order chi connectivity index (χ1) is 14.6. The van der Waals surface area contributed by atoms with Crippen LogP contribution in [0, 0.1) is 13.8 Å². The molecule has 0 unspecified atom stereocenters. The van der Waals surface area contributed by atoms with Crippen molar-refractivity contribution in [3.05, 3.63) is 71.3 Å². The van der Waals surface area contributed by atoms with E-state index in [0.29, 0.717) is 6.54 Å². The van der Waals surface area contributed by atoms with Gasteiger partial charge in [-0.05, 0) is 51.0 Å². The molecular formula is C23H31IN6O. The third-order valence-electron chi connectivity index (χ3n) is 4.89. The molecule has 2 heterocycles. The predicted octanol–water partition coefficient (Wildman–Crippen LogP) is 3.81. The van der Waals surface area contributed by atoms with Gasteiger partial charge in [0.05, 0.1) is 25.0 Å². The number of guanidine groups is 1. The molecule has 0 fully saturated rings. The normalized spacial score (nSPS) is 11.0. The molecule has 2 N–H and O–H groups in total. The summed E-state index contributed by atoms with van der Waals surface area (Å²) >= 11 is 0. The number of nitrogens with zero attached hydrogens (tertiary/aromatic N) is 4. The maximum Gasteiger partial charge on any atom is 0.191 e. The highest BCUT2D eigenvalue weighted by Crippen LogP contribution is 2.24. The van der Waals surface area contributed by atoms with E-state index in [1.807, 2.05) is 37.0 Å². The molecule has 0 amide bonds. The van der Waals surface area contributed by atoms with Gasteiger partial charge in [-0.25, -0.2) is 9.67 Å². The first-order valence-electron chi connectivity index (χ1n) is 10.2. The number of pyridine rings is 1. The molecule has 1 aromatic carbocycles. The summed E-state index contributed by atoms with van der Waals surface area (Å²) < 4.78 is 7.35. The van der Waals surface area contributed by atoms with E-state index in [-0.39, 0.29) is 24.0 Å². The Morgan fingerprint density at radius 3 is 2.58 bits per heavy atom. The highest BCUT2D eigenvalue weighted by molar-refractivity contribution is 14.0. The quantitative estimate of drug-likeness (QED) is 0.261. The number of hydrogen-bond acceptors (Lipinski definition) is 4. The van der Waals surface area contributed by atoms with Crippen molar-refractivity contribution in [2.75, 3.05) is 20.2 Å². The summed E-state index contributed by atoms with van der Waals surface area (Å²) in [5, 5.41) is 11.0. The number of aliphatic imine (C=N–C) groups is 1. The minimum atomic E-state index is 0. The Hall–Kier alpha value is -2.62. The van der Waals surface area contributed by atoms with Crippen LogP contribution in [0.2, 0.25) is 0 Å². The van der Waals surface area contributed by atoms with E-state index >= 15 is 0 Å². The topological polar surface area (TPSA) is 76.4 Å². The molecule has 3 aromatic rings. The van der Waals surface area contributed by atoms with Crippen LogP contribution in [-0.2, 0) is 13.0 Å². The summed E-state index contributed by atoms with van der Waals surface area (Å²) in [5.74, 6) is 1.66. The van der Waals surface area contributed by atoms with Gasteiger partial charge in [0.1, 0.15) is 5.75 Å². The van der Waals surface area contributed by atoms with Gasteiger partial charge < -0.3 is 15.4 Å². The van der Waals surface area contributed by atoms with Gasteiger partial charge in [0, 0.05) is 42.8 Å². The molecule has 166 valence electrons. The zero-order valence-electron chi connectivity index (χ0n) is 18.6. The van der Waals surface area contributed by atoms with Crippen LogP contribution in [0.25, 0.3) is 5.69 Å². The first-order valence-corrected chi connectivity index (χ1v) is 10.2. The molecule has 31 heavy (non-hydrogen) atoms. The Kier molecular flexibility index (Phi) is 9.77. The molecule has 7 nitrogen and oxygen atoms in total. The lowest BCUT2D eigenvalue weighted by Crippen LogP contribution is -2.38. The molecule has 2 aromatic heterocycles. The van der Waals surface area contributed by atoms with Crippen LogP contribution in [-0.4, -0.2) is 40.9 Å². The molecular weight excluding hydrogens is 503 g/mol. The third kappa shape index (κ3) is 6.68. The fourth-order valence-corrected chi connectivity index (χ4v) is 3.29. The number of ether oxygens (including phenoxy) is 1. The maximum atomic E-state index is 5.49. The molecule has 0 aliphatic carbocycles. The molecule has 0 saturated heterocycles. The van der Waals surface area contributed by atoms with Crippen LogP contribution < -0.4 is 15.4 Å². The lowest BCUT2D eigenvalue weighted by molar-refractivity contribution is 0.407. The van der Waals surface area contributed by atoms with Crippen molar-refractivity contribution in [3.8, 4) is 11.4 Å². The zero-order valence-corrected chi connectivity index (χ0v) is 20.9. The number of rotatable bonds is 8. The molecule has 0 saturated carbocycles. The number of aryl methyl sites for hydroxylation is 1. The smallest absolute Gasteiger partial charge is 0.191 e. The number of nitrogens with one attached hydrogen (secondary N) is 2. The number of benzene rings is 1. The van der Waals surface area contributed by atoms with Gasteiger partial charge in [0.25, 0.3) is 0 Å². The summed E-state index contributed by atoms with van der Waals surface area (Å²) in [7, 11) is 1.69. The molecule has 0 atom stereocenters. The summed E-state index contributed by atoms with van der Waals surface area (Å²) in [5.41, 5.74) is 5.31. The summed E-state index contributed by atoms with van der Waals surface area (Å²) in [6.45, 7) is 8.17. The van der Waals surface area contributed by atoms with Gasteiger partial charge in [-0.1, -0.05) is 12.1 Å². The van der Waals surface area contributed by atoms with E-state index in [1.165, 1.54) is 5.56 Å². The minimum Gasteiger partial charge on any atom is -0.496 e. The van der Waals surface area contributed by atoms with Crippen LogP contribution in [0.1, 0.15) is 29.3 Å². The largest absolute Gasteiger partial charge is 0.496 e. The summed E-state index contributed by atoms with van der Waals surface area (Å²) in [6.07, 6.45) is 6.46. The third-order valence-corrected chi connectivity index (χ3v) is 4.89. The lowest BCUT2D eigenvalue weighted by atomic mass is 10.1. The molecule has 0 aliphatic heterocycles. The van der Waals surface area contributed by atoms with Gasteiger partial charge >= 0.3 is 0 Å².